The van der Waals surface area contributed by atoms with Gasteiger partial charge in [-0.1, -0.05) is 0 Å². The second kappa shape index (κ2) is 5.83. The van der Waals surface area contributed by atoms with Gasteiger partial charge in [-0.25, -0.2) is 9.48 Å². The van der Waals surface area contributed by atoms with Crippen molar-refractivity contribution in [3.63, 3.8) is 0 Å². The minimum Gasteiger partial charge on any atom is -0.462 e. The molecule has 0 saturated heterocycles. The molecule has 1 aromatic carbocycles. The molecule has 0 fully saturated rings. The summed E-state index contributed by atoms with van der Waals surface area (Å²) < 4.78 is 6.07. The van der Waals surface area contributed by atoms with Crippen LogP contribution in [-0.2, 0) is 4.74 Å². The minimum absolute atomic E-state index is 0.0160. The molecule has 106 valence electrons. The average Bonchev–Trinajstić information content (AvgIpc) is 2.91. The van der Waals surface area contributed by atoms with Crippen molar-refractivity contribution in [1.82, 2.24) is 9.78 Å². The zero-order valence-corrected chi connectivity index (χ0v) is 11.0. The van der Waals surface area contributed by atoms with E-state index < -0.39 is 10.9 Å². The molecule has 0 N–H and O–H groups in total. The van der Waals surface area contributed by atoms with E-state index in [0.717, 1.165) is 0 Å². The fraction of sp³-hybridized carbons (Fsp3) is 0.154. The molecule has 21 heavy (non-hydrogen) atoms. The Morgan fingerprint density at radius 2 is 2.14 bits per heavy atom. The van der Waals surface area contributed by atoms with Crippen LogP contribution in [0.4, 0.5) is 5.69 Å². The number of nitro benzene ring substituents is 1. The maximum atomic E-state index is 11.7. The van der Waals surface area contributed by atoms with Crippen molar-refractivity contribution in [2.45, 2.75) is 6.92 Å². The lowest BCUT2D eigenvalue weighted by molar-refractivity contribution is -0.384. The fourth-order valence-corrected chi connectivity index (χ4v) is 1.73. The molecule has 0 amide bonds. The molecular formula is C13H10N4O4. The van der Waals surface area contributed by atoms with E-state index in [1.165, 1.54) is 35.1 Å². The first-order chi connectivity index (χ1) is 10.1. The van der Waals surface area contributed by atoms with Gasteiger partial charge in [0.25, 0.3) is 5.69 Å². The molecule has 0 aliphatic rings. The third-order valence-electron chi connectivity index (χ3n) is 2.68. The van der Waals surface area contributed by atoms with Crippen molar-refractivity contribution in [1.29, 1.82) is 5.26 Å². The summed E-state index contributed by atoms with van der Waals surface area (Å²) in [5.74, 6) is -0.637. The Labute approximate surface area is 119 Å². The normalized spacial score (nSPS) is 9.90. The maximum Gasteiger partial charge on any atom is 0.342 e. The summed E-state index contributed by atoms with van der Waals surface area (Å²) in [7, 11) is 0. The average molecular weight is 286 g/mol. The van der Waals surface area contributed by atoms with Crippen molar-refractivity contribution in [3.8, 4) is 11.8 Å². The lowest BCUT2D eigenvalue weighted by atomic mass is 10.2. The van der Waals surface area contributed by atoms with Crippen LogP contribution >= 0.6 is 0 Å². The van der Waals surface area contributed by atoms with E-state index in [4.69, 9.17) is 4.74 Å². The van der Waals surface area contributed by atoms with Crippen LogP contribution in [0.5, 0.6) is 0 Å². The van der Waals surface area contributed by atoms with Gasteiger partial charge in [0, 0.05) is 12.1 Å². The first-order valence-corrected chi connectivity index (χ1v) is 5.98. The van der Waals surface area contributed by atoms with Gasteiger partial charge < -0.3 is 4.74 Å². The number of carbonyl (C=O) groups is 1. The molecule has 1 aromatic heterocycles. The Morgan fingerprint density at radius 3 is 2.67 bits per heavy atom. The highest BCUT2D eigenvalue weighted by Gasteiger charge is 2.19. The third kappa shape index (κ3) is 2.71. The minimum atomic E-state index is -0.637. The molecular weight excluding hydrogens is 276 g/mol. The zero-order chi connectivity index (χ0) is 15.4. The van der Waals surface area contributed by atoms with Crippen molar-refractivity contribution in [2.75, 3.05) is 6.61 Å². The standard InChI is InChI=1S/C13H10N4O4/c1-2-21-13(18)11-8-15-16(12(11)7-14)9-3-5-10(6-4-9)17(19)20/h3-6,8H,2H2,1H3. The van der Waals surface area contributed by atoms with Gasteiger partial charge >= 0.3 is 5.97 Å². The number of aromatic nitrogens is 2. The highest BCUT2D eigenvalue weighted by atomic mass is 16.6. The van der Waals surface area contributed by atoms with Gasteiger partial charge in [-0.05, 0) is 19.1 Å². The van der Waals surface area contributed by atoms with Crippen molar-refractivity contribution < 1.29 is 14.5 Å². The van der Waals surface area contributed by atoms with Gasteiger partial charge in [0.15, 0.2) is 5.69 Å². The Hall–Kier alpha value is -3.21. The van der Waals surface area contributed by atoms with Gasteiger partial charge in [0.2, 0.25) is 0 Å². The van der Waals surface area contributed by atoms with E-state index in [-0.39, 0.29) is 23.6 Å². The zero-order valence-electron chi connectivity index (χ0n) is 11.0. The number of rotatable bonds is 4. The number of nitro groups is 1. The SMILES string of the molecule is CCOC(=O)c1cnn(-c2ccc([N+](=O)[O-])cc2)c1C#N. The molecule has 8 heteroatoms. The van der Waals surface area contributed by atoms with Gasteiger partial charge in [-0.15, -0.1) is 0 Å². The monoisotopic (exact) mass is 286 g/mol. The fourth-order valence-electron chi connectivity index (χ4n) is 1.73. The number of ether oxygens (including phenoxy) is 1. The van der Waals surface area contributed by atoms with E-state index in [1.54, 1.807) is 6.92 Å². The van der Waals surface area contributed by atoms with E-state index >= 15 is 0 Å². The molecule has 0 saturated carbocycles. The van der Waals surface area contributed by atoms with Crippen LogP contribution in [0.1, 0.15) is 23.0 Å². The number of benzene rings is 1. The lowest BCUT2D eigenvalue weighted by Crippen LogP contribution is -2.07. The van der Waals surface area contributed by atoms with Crippen molar-refractivity contribution >= 4 is 11.7 Å². The summed E-state index contributed by atoms with van der Waals surface area (Å²) in [6.07, 6.45) is 1.23. The third-order valence-corrected chi connectivity index (χ3v) is 2.68. The molecule has 0 spiro atoms. The van der Waals surface area contributed by atoms with Crippen molar-refractivity contribution in [2.24, 2.45) is 0 Å². The highest BCUT2D eigenvalue weighted by molar-refractivity contribution is 5.91. The van der Waals surface area contributed by atoms with Crippen LogP contribution < -0.4 is 0 Å². The van der Waals surface area contributed by atoms with Crippen LogP contribution in [0.2, 0.25) is 0 Å². The van der Waals surface area contributed by atoms with E-state index in [1.807, 2.05) is 6.07 Å². The molecule has 0 bridgehead atoms. The Morgan fingerprint density at radius 1 is 1.48 bits per heavy atom. The number of non-ortho nitro benzene ring substituents is 1. The summed E-state index contributed by atoms with van der Waals surface area (Å²) in [5.41, 5.74) is 0.433. The Kier molecular flexibility index (Phi) is 3.95. The van der Waals surface area contributed by atoms with Crippen LogP contribution in [0.15, 0.2) is 30.5 Å². The predicted octanol–water partition coefficient (Wildman–Crippen LogP) is 1.83. The summed E-state index contributed by atoms with van der Waals surface area (Å²) in [4.78, 5) is 21.8. The van der Waals surface area contributed by atoms with Gasteiger partial charge in [-0.3, -0.25) is 10.1 Å². The van der Waals surface area contributed by atoms with Gasteiger partial charge in [0.05, 0.1) is 23.4 Å². The van der Waals surface area contributed by atoms with Gasteiger partial charge in [0.1, 0.15) is 11.6 Å². The largest absolute Gasteiger partial charge is 0.462 e. The quantitative estimate of drug-likeness (QED) is 0.481. The maximum absolute atomic E-state index is 11.7. The van der Waals surface area contributed by atoms with E-state index in [9.17, 15) is 20.2 Å². The first-order valence-electron chi connectivity index (χ1n) is 5.98. The smallest absolute Gasteiger partial charge is 0.342 e. The molecule has 0 atom stereocenters. The predicted molar refractivity (Wildman–Crippen MR) is 70.9 cm³/mol. The topological polar surface area (TPSA) is 111 Å². The number of hydrogen-bond donors (Lipinski definition) is 0. The summed E-state index contributed by atoms with van der Waals surface area (Å²) in [6.45, 7) is 1.84. The number of esters is 1. The highest BCUT2D eigenvalue weighted by Crippen LogP contribution is 2.18. The molecule has 0 aliphatic carbocycles. The van der Waals surface area contributed by atoms with E-state index in [2.05, 4.69) is 5.10 Å². The number of hydrogen-bond acceptors (Lipinski definition) is 6. The Bertz CT molecular complexity index is 728. The molecule has 0 radical (unpaired) electrons. The number of nitrogens with zero attached hydrogens (tertiary/aromatic N) is 4. The van der Waals surface area contributed by atoms with Crippen molar-refractivity contribution in [3.05, 3.63) is 51.8 Å². The Balaban J connectivity index is 2.43. The van der Waals surface area contributed by atoms with Crippen LogP contribution in [0.25, 0.3) is 5.69 Å². The number of nitriles is 1. The molecule has 0 aliphatic heterocycles. The molecule has 2 rings (SSSR count). The van der Waals surface area contributed by atoms with Crippen LogP contribution in [-0.4, -0.2) is 27.3 Å². The summed E-state index contributed by atoms with van der Waals surface area (Å²) in [5, 5.41) is 23.7. The van der Waals surface area contributed by atoms with E-state index in [0.29, 0.717) is 5.69 Å². The second-order valence-corrected chi connectivity index (χ2v) is 3.92. The molecule has 0 unspecified atom stereocenters. The second-order valence-electron chi connectivity index (χ2n) is 3.92. The molecule has 1 heterocycles. The summed E-state index contributed by atoms with van der Waals surface area (Å²) >= 11 is 0. The molecule has 8 nitrogen and oxygen atoms in total. The first kappa shape index (κ1) is 14.2. The number of carbonyl (C=O) groups excluding carboxylic acids is 1. The van der Waals surface area contributed by atoms with Crippen LogP contribution in [0, 0.1) is 21.4 Å². The summed E-state index contributed by atoms with van der Waals surface area (Å²) in [6, 6.07) is 7.36. The molecule has 2 aromatic rings. The lowest BCUT2D eigenvalue weighted by Gasteiger charge is -2.03. The van der Waals surface area contributed by atoms with Gasteiger partial charge in [-0.2, -0.15) is 10.4 Å². The van der Waals surface area contributed by atoms with Crippen LogP contribution in [0.3, 0.4) is 0 Å².